The predicted molar refractivity (Wildman–Crippen MR) is 268 cm³/mol. The summed E-state index contributed by atoms with van der Waals surface area (Å²) in [7, 11) is 1.56. The van der Waals surface area contributed by atoms with Crippen molar-refractivity contribution in [3.63, 3.8) is 0 Å². The van der Waals surface area contributed by atoms with Gasteiger partial charge in [0, 0.05) is 24.0 Å². The third-order valence-corrected chi connectivity index (χ3v) is 11.5. The van der Waals surface area contributed by atoms with Crippen molar-refractivity contribution in [3.8, 4) is 23.0 Å². The molecule has 19 heteroatoms. The highest BCUT2D eigenvalue weighted by Crippen LogP contribution is 2.53. The van der Waals surface area contributed by atoms with Gasteiger partial charge in [0.15, 0.2) is 13.2 Å². The Kier molecular flexibility index (Phi) is 16.8. The summed E-state index contributed by atoms with van der Waals surface area (Å²) in [5, 5.41) is 0. The number of aryl methyl sites for hydroxylation is 2. The standard InChI is InChI=1S/C58H45F8NO10/c1-36-5-19-44(20-6-36)67(45-21-7-37(2)8-22-45)46-23-9-39(10-24-46)33-51(40-11-25-47(72-4)26-12-40)41-13-27-49(28-14-41)76-54(71)77-50-31-17-43(18-32-50)53(70)74-35-56(61,62)58(65,66)57(63,64)55(59,60)34-73-52(69)42-15-29-48(30-16-42)75-38(3)68/h5-33H,34-35H2,1-4H3/b51-33+. The second kappa shape index (κ2) is 23.3. The fraction of sp³-hybridized carbons (Fsp3) is 0.172. The van der Waals surface area contributed by atoms with Crippen molar-refractivity contribution in [1.82, 2.24) is 0 Å². The maximum absolute atomic E-state index is 14.6. The van der Waals surface area contributed by atoms with Gasteiger partial charge in [-0.15, -0.1) is 0 Å². The van der Waals surface area contributed by atoms with Crippen molar-refractivity contribution >= 4 is 52.8 Å². The molecule has 0 saturated carbocycles. The molecule has 0 spiro atoms. The van der Waals surface area contributed by atoms with Crippen molar-refractivity contribution in [3.05, 3.63) is 209 Å². The lowest BCUT2D eigenvalue weighted by Crippen LogP contribution is -2.64. The van der Waals surface area contributed by atoms with Crippen LogP contribution in [-0.2, 0) is 14.3 Å². The maximum atomic E-state index is 14.6. The van der Waals surface area contributed by atoms with Crippen LogP contribution in [0.25, 0.3) is 11.6 Å². The lowest BCUT2D eigenvalue weighted by molar-refractivity contribution is -0.373. The maximum Gasteiger partial charge on any atom is 0.519 e. The summed E-state index contributed by atoms with van der Waals surface area (Å²) in [6.07, 6.45) is 0.746. The summed E-state index contributed by atoms with van der Waals surface area (Å²) < 4.78 is 145. The van der Waals surface area contributed by atoms with Gasteiger partial charge in [-0.1, -0.05) is 71.8 Å². The first kappa shape index (κ1) is 55.7. The van der Waals surface area contributed by atoms with Gasteiger partial charge >= 0.3 is 47.8 Å². The number of anilines is 3. The van der Waals surface area contributed by atoms with Gasteiger partial charge in [-0.2, -0.15) is 35.1 Å². The summed E-state index contributed by atoms with van der Waals surface area (Å²) in [5.41, 5.74) is 7.23. The fourth-order valence-electron chi connectivity index (χ4n) is 7.34. The van der Waals surface area contributed by atoms with E-state index in [2.05, 4.69) is 62.9 Å². The molecule has 0 saturated heterocycles. The first-order valence-electron chi connectivity index (χ1n) is 23.1. The van der Waals surface area contributed by atoms with E-state index in [1.807, 2.05) is 68.5 Å². The highest BCUT2D eigenvalue weighted by Gasteiger charge is 2.81. The van der Waals surface area contributed by atoms with Crippen LogP contribution < -0.4 is 23.8 Å². The van der Waals surface area contributed by atoms with Crippen LogP contribution in [0.4, 0.5) is 57.0 Å². The zero-order chi connectivity index (χ0) is 55.7. The number of rotatable bonds is 19. The van der Waals surface area contributed by atoms with Gasteiger partial charge in [0.1, 0.15) is 23.0 Å². The zero-order valence-electron chi connectivity index (χ0n) is 41.2. The van der Waals surface area contributed by atoms with Crippen LogP contribution >= 0.6 is 0 Å². The molecule has 0 unspecified atom stereocenters. The predicted octanol–water partition coefficient (Wildman–Crippen LogP) is 14.4. The normalized spacial score (nSPS) is 12.0. The van der Waals surface area contributed by atoms with Crippen molar-refractivity contribution in [2.45, 2.75) is 44.5 Å². The Morgan fingerprint density at radius 2 is 0.766 bits per heavy atom. The first-order valence-corrected chi connectivity index (χ1v) is 23.1. The average Bonchev–Trinajstić information content (AvgIpc) is 3.45. The molecule has 0 aromatic heterocycles. The van der Waals surface area contributed by atoms with E-state index in [0.29, 0.717) is 5.75 Å². The number of methoxy groups -OCH3 is 1. The molecule has 0 radical (unpaired) electrons. The Labute approximate surface area is 435 Å². The molecule has 0 N–H and O–H groups in total. The third kappa shape index (κ3) is 13.3. The molecule has 0 aliphatic heterocycles. The molecule has 0 heterocycles. The van der Waals surface area contributed by atoms with Gasteiger partial charge in [0.25, 0.3) is 0 Å². The number of carbonyl (C=O) groups is 4. The molecule has 0 fully saturated rings. The number of hydrogen-bond donors (Lipinski definition) is 0. The average molecular weight is 1070 g/mol. The Hall–Kier alpha value is -9.00. The Morgan fingerprint density at radius 1 is 0.442 bits per heavy atom. The van der Waals surface area contributed by atoms with E-state index in [0.717, 1.165) is 106 Å². The first-order chi connectivity index (χ1) is 36.5. The van der Waals surface area contributed by atoms with Gasteiger partial charge in [0.05, 0.1) is 18.2 Å². The molecular weight excluding hydrogens is 1020 g/mol. The van der Waals surface area contributed by atoms with Crippen molar-refractivity contribution < 1.29 is 82.7 Å². The molecule has 7 aromatic carbocycles. The molecule has 11 nitrogen and oxygen atoms in total. The highest BCUT2D eigenvalue weighted by atomic mass is 19.4. The van der Waals surface area contributed by atoms with E-state index >= 15 is 0 Å². The molecule has 77 heavy (non-hydrogen) atoms. The lowest BCUT2D eigenvalue weighted by Gasteiger charge is -2.36. The fourth-order valence-corrected chi connectivity index (χ4v) is 7.34. The summed E-state index contributed by atoms with van der Waals surface area (Å²) in [4.78, 5) is 50.6. The van der Waals surface area contributed by atoms with E-state index in [1.54, 1.807) is 19.2 Å². The van der Waals surface area contributed by atoms with Gasteiger partial charge in [-0.25, -0.2) is 14.4 Å². The summed E-state index contributed by atoms with van der Waals surface area (Å²) in [6.45, 7) is -0.460. The SMILES string of the molecule is COc1ccc(/C(=C\c2ccc(N(c3ccc(C)cc3)c3ccc(C)cc3)cc2)c2ccc(OC(=O)Oc3ccc(C(=O)OCC(F)(F)C(F)(F)C(F)(F)C(F)(F)COC(=O)c4ccc(OC(C)=O)cc4)cc3)cc2)cc1. The molecule has 0 bridgehead atoms. The molecule has 7 rings (SSSR count). The topological polar surface area (TPSA) is 127 Å². The number of halogens is 8. The molecule has 0 amide bonds. The van der Waals surface area contributed by atoms with Crippen LogP contribution in [0.15, 0.2) is 170 Å². The monoisotopic (exact) mass is 1070 g/mol. The molecule has 0 aliphatic carbocycles. The largest absolute Gasteiger partial charge is 0.519 e. The lowest BCUT2D eigenvalue weighted by atomic mass is 9.95. The van der Waals surface area contributed by atoms with E-state index in [9.17, 15) is 54.3 Å². The van der Waals surface area contributed by atoms with Gasteiger partial charge < -0.3 is 33.3 Å². The minimum atomic E-state index is -6.88. The number of alkyl halides is 8. The third-order valence-electron chi connectivity index (χ3n) is 11.5. The van der Waals surface area contributed by atoms with Gasteiger partial charge in [-0.05, 0) is 151 Å². The van der Waals surface area contributed by atoms with Crippen LogP contribution in [0.5, 0.6) is 23.0 Å². The minimum Gasteiger partial charge on any atom is -0.497 e. The zero-order valence-corrected chi connectivity index (χ0v) is 41.2. The number of nitrogens with zero attached hydrogens (tertiary/aromatic N) is 1. The summed E-state index contributed by atoms with van der Waals surface area (Å²) in [6, 6.07) is 45.7. The van der Waals surface area contributed by atoms with E-state index in [-0.39, 0.29) is 17.2 Å². The molecule has 398 valence electrons. The van der Waals surface area contributed by atoms with Crippen LogP contribution in [0.3, 0.4) is 0 Å². The highest BCUT2D eigenvalue weighted by molar-refractivity contribution is 5.93. The quantitative estimate of drug-likeness (QED) is 0.0252. The van der Waals surface area contributed by atoms with Gasteiger partial charge in [0.2, 0.25) is 0 Å². The van der Waals surface area contributed by atoms with Crippen molar-refractivity contribution in [1.29, 1.82) is 0 Å². The Bertz CT molecular complexity index is 3180. The number of esters is 3. The number of benzene rings is 7. The van der Waals surface area contributed by atoms with Crippen molar-refractivity contribution in [2.24, 2.45) is 0 Å². The molecule has 7 aromatic rings. The summed E-state index contributed by atoms with van der Waals surface area (Å²) in [5.74, 6) is -29.9. The smallest absolute Gasteiger partial charge is 0.497 e. The Morgan fingerprint density at radius 3 is 1.12 bits per heavy atom. The van der Waals surface area contributed by atoms with Crippen LogP contribution in [0, 0.1) is 13.8 Å². The van der Waals surface area contributed by atoms with E-state index in [1.165, 1.54) is 12.1 Å². The Balaban J connectivity index is 0.967. The van der Waals surface area contributed by atoms with Crippen LogP contribution in [-0.4, -0.2) is 68.1 Å². The van der Waals surface area contributed by atoms with Crippen molar-refractivity contribution in [2.75, 3.05) is 25.2 Å². The van der Waals surface area contributed by atoms with E-state index < -0.39 is 72.1 Å². The van der Waals surface area contributed by atoms with Gasteiger partial charge in [-0.3, -0.25) is 4.79 Å². The summed E-state index contributed by atoms with van der Waals surface area (Å²) >= 11 is 0. The van der Waals surface area contributed by atoms with E-state index in [4.69, 9.17) is 18.9 Å². The second-order valence-electron chi connectivity index (χ2n) is 17.2. The van der Waals surface area contributed by atoms with Crippen LogP contribution in [0.2, 0.25) is 0 Å². The number of ether oxygens (including phenoxy) is 6. The minimum absolute atomic E-state index is 0.0520. The number of hydrogen-bond acceptors (Lipinski definition) is 11. The second-order valence-corrected chi connectivity index (χ2v) is 17.2. The number of carbonyl (C=O) groups excluding carboxylic acids is 4. The molecule has 0 atom stereocenters. The molecular formula is C58H45F8NO10. The van der Waals surface area contributed by atoms with Crippen LogP contribution in [0.1, 0.15) is 55.5 Å². The molecule has 0 aliphatic rings.